The van der Waals surface area contributed by atoms with Crippen molar-refractivity contribution in [2.24, 2.45) is 0 Å². The van der Waals surface area contributed by atoms with Gasteiger partial charge in [0, 0.05) is 17.4 Å². The average Bonchev–Trinajstić information content (AvgIpc) is 2.33. The molecule has 0 radical (unpaired) electrons. The van der Waals surface area contributed by atoms with E-state index in [-0.39, 0.29) is 0 Å². The van der Waals surface area contributed by atoms with Gasteiger partial charge in [0.05, 0.1) is 0 Å². The second-order valence-corrected chi connectivity index (χ2v) is 3.24. The van der Waals surface area contributed by atoms with Crippen molar-refractivity contribution in [2.75, 3.05) is 0 Å². The molecule has 10 heavy (non-hydrogen) atoms. The van der Waals surface area contributed by atoms with Crippen LogP contribution in [0.4, 0.5) is 0 Å². The van der Waals surface area contributed by atoms with Crippen molar-refractivity contribution in [1.82, 2.24) is 0 Å². The zero-order valence-corrected chi connectivity index (χ0v) is 6.32. The molecule has 0 aromatic heterocycles. The first kappa shape index (κ1) is 5.81. The van der Waals surface area contributed by atoms with E-state index >= 15 is 0 Å². The van der Waals surface area contributed by atoms with Gasteiger partial charge in [0.15, 0.2) is 5.37 Å². The maximum atomic E-state index is 3.86. The lowest BCUT2D eigenvalue weighted by Crippen LogP contribution is -2.07. The van der Waals surface area contributed by atoms with Crippen molar-refractivity contribution in [3.05, 3.63) is 28.6 Å². The van der Waals surface area contributed by atoms with E-state index in [1.165, 1.54) is 10.1 Å². The van der Waals surface area contributed by atoms with Gasteiger partial charge in [-0.1, -0.05) is 12.6 Å². The molecule has 1 aliphatic rings. The van der Waals surface area contributed by atoms with E-state index < -0.39 is 0 Å². The van der Waals surface area contributed by atoms with Gasteiger partial charge >= 0.3 is 0 Å². The lowest BCUT2D eigenvalue weighted by molar-refractivity contribution is 1.37. The number of hydrogen-bond acceptors (Lipinski definition) is 0. The molecular formula is C9H7S+. The Morgan fingerprint density at radius 3 is 3.10 bits per heavy atom. The minimum Gasteiger partial charge on any atom is -0.0916 e. The van der Waals surface area contributed by atoms with Gasteiger partial charge in [-0.25, -0.2) is 0 Å². The fourth-order valence-corrected chi connectivity index (χ4v) is 1.85. The molecule has 2 rings (SSSR count). The van der Waals surface area contributed by atoms with Crippen molar-refractivity contribution in [3.63, 3.8) is 0 Å². The van der Waals surface area contributed by atoms with Gasteiger partial charge in [0.25, 0.3) is 0 Å². The van der Waals surface area contributed by atoms with Gasteiger partial charge in [-0.15, -0.1) is 0 Å². The molecule has 0 unspecified atom stereocenters. The highest BCUT2D eigenvalue weighted by Crippen LogP contribution is 1.90. The van der Waals surface area contributed by atoms with E-state index in [0.717, 1.165) is 5.22 Å². The monoisotopic (exact) mass is 147 g/mol. The maximum Gasteiger partial charge on any atom is 0.238 e. The number of fused-ring (bicyclic) bond motifs is 1. The van der Waals surface area contributed by atoms with Crippen LogP contribution in [-0.2, 0) is 11.4 Å². The van der Waals surface area contributed by atoms with Crippen LogP contribution in [0.1, 0.15) is 0 Å². The van der Waals surface area contributed by atoms with Gasteiger partial charge in [-0.2, -0.15) is 0 Å². The predicted octanol–water partition coefficient (Wildman–Crippen LogP) is 0.135. The van der Waals surface area contributed by atoms with Crippen LogP contribution in [0.3, 0.4) is 0 Å². The van der Waals surface area contributed by atoms with Crippen LogP contribution in [-0.4, -0.2) is 5.37 Å². The molecule has 0 N–H and O–H groups in total. The summed E-state index contributed by atoms with van der Waals surface area (Å²) in [5.41, 5.74) is 0. The summed E-state index contributed by atoms with van der Waals surface area (Å²) in [4.78, 5) is 1.33. The van der Waals surface area contributed by atoms with E-state index in [1.54, 1.807) is 11.4 Å². The quantitative estimate of drug-likeness (QED) is 0.361. The normalized spacial score (nSPS) is 12.8. The zero-order chi connectivity index (χ0) is 6.97. The van der Waals surface area contributed by atoms with Crippen LogP contribution in [0, 0.1) is 0 Å². The highest BCUT2D eigenvalue weighted by Gasteiger charge is 2.07. The smallest absolute Gasteiger partial charge is 0.0916 e. The fourth-order valence-electron chi connectivity index (χ4n) is 0.999. The Morgan fingerprint density at radius 1 is 1.30 bits per heavy atom. The topological polar surface area (TPSA) is 0 Å². The second kappa shape index (κ2) is 2.03. The predicted molar refractivity (Wildman–Crippen MR) is 47.4 cm³/mol. The molecule has 48 valence electrons. The summed E-state index contributed by atoms with van der Waals surface area (Å²) >= 11 is 1.76. The van der Waals surface area contributed by atoms with Crippen molar-refractivity contribution in [1.29, 1.82) is 0 Å². The Morgan fingerprint density at radius 2 is 2.20 bits per heavy atom. The van der Waals surface area contributed by atoms with Crippen molar-refractivity contribution >= 4 is 29.4 Å². The molecule has 1 aliphatic heterocycles. The average molecular weight is 147 g/mol. The van der Waals surface area contributed by atoms with E-state index in [9.17, 15) is 0 Å². The van der Waals surface area contributed by atoms with Gasteiger partial charge in [-0.3, -0.25) is 0 Å². The Hall–Kier alpha value is -0.950. The molecule has 0 saturated heterocycles. The largest absolute Gasteiger partial charge is 0.238 e. The third-order valence-corrected chi connectivity index (χ3v) is 2.40. The number of rotatable bonds is 0. The van der Waals surface area contributed by atoms with E-state index in [0.29, 0.717) is 0 Å². The standard InChI is InChI=1S/C9H7S/c1-7-2-3-8-4-5-10-9(8)6-7/h2-6H,1H2/q+1. The molecule has 1 heterocycles. The lowest BCUT2D eigenvalue weighted by atomic mass is 10.2. The zero-order valence-electron chi connectivity index (χ0n) is 5.50. The SMILES string of the molecule is C=c1ccc2c(c1)[S+]=CC=2. The first-order valence-corrected chi connectivity index (χ1v) is 4.03. The molecule has 1 aromatic rings. The molecule has 0 atom stereocenters. The molecule has 0 nitrogen and oxygen atoms in total. The Kier molecular flexibility index (Phi) is 1.18. The molecule has 1 aromatic carbocycles. The van der Waals surface area contributed by atoms with Crippen LogP contribution < -0.4 is 10.4 Å². The molecule has 0 amide bonds. The first-order valence-electron chi connectivity index (χ1n) is 3.15. The molecule has 0 fully saturated rings. The van der Waals surface area contributed by atoms with Crippen LogP contribution in [0.2, 0.25) is 0 Å². The lowest BCUT2D eigenvalue weighted by Gasteiger charge is -1.79. The van der Waals surface area contributed by atoms with E-state index in [1.807, 2.05) is 6.07 Å². The summed E-state index contributed by atoms with van der Waals surface area (Å²) in [6.07, 6.45) is 2.12. The third kappa shape index (κ3) is 0.792. The first-order chi connectivity index (χ1) is 4.86. The number of hydrogen-bond donors (Lipinski definition) is 0. The molecule has 0 bridgehead atoms. The molecule has 1 heteroatoms. The summed E-state index contributed by atoms with van der Waals surface area (Å²) in [6.45, 7) is 3.86. The molecular weight excluding hydrogens is 140 g/mol. The van der Waals surface area contributed by atoms with Crippen molar-refractivity contribution < 1.29 is 0 Å². The van der Waals surface area contributed by atoms with Gasteiger partial charge in [-0.05, 0) is 11.3 Å². The maximum absolute atomic E-state index is 3.86. The van der Waals surface area contributed by atoms with Crippen LogP contribution >= 0.6 is 0 Å². The summed E-state index contributed by atoms with van der Waals surface area (Å²) in [7, 11) is 0. The van der Waals surface area contributed by atoms with Crippen molar-refractivity contribution in [3.8, 4) is 0 Å². The highest BCUT2D eigenvalue weighted by atomic mass is 32.1. The summed E-state index contributed by atoms with van der Waals surface area (Å²) in [5, 5.41) is 4.51. The van der Waals surface area contributed by atoms with E-state index in [2.05, 4.69) is 30.2 Å². The van der Waals surface area contributed by atoms with Gasteiger partial charge in [0.1, 0.15) is 0 Å². The molecule has 0 spiro atoms. The van der Waals surface area contributed by atoms with Crippen molar-refractivity contribution in [2.45, 2.75) is 4.90 Å². The number of benzene rings is 1. The van der Waals surface area contributed by atoms with Crippen LogP contribution in [0.5, 0.6) is 0 Å². The van der Waals surface area contributed by atoms with Crippen LogP contribution in [0.25, 0.3) is 12.7 Å². The minimum absolute atomic E-state index is 1.09. The summed E-state index contributed by atoms with van der Waals surface area (Å²) in [5.74, 6) is 0. The second-order valence-electron chi connectivity index (χ2n) is 2.29. The Bertz CT molecular complexity index is 388. The van der Waals surface area contributed by atoms with Gasteiger partial charge < -0.3 is 0 Å². The van der Waals surface area contributed by atoms with E-state index in [4.69, 9.17) is 0 Å². The minimum atomic E-state index is 1.09. The third-order valence-electron chi connectivity index (χ3n) is 1.52. The van der Waals surface area contributed by atoms with Gasteiger partial charge in [0.2, 0.25) is 16.2 Å². The fraction of sp³-hybridized carbons (Fsp3) is 0. The Balaban J connectivity index is 2.89. The van der Waals surface area contributed by atoms with Crippen LogP contribution in [0.15, 0.2) is 23.1 Å². The molecule has 0 saturated carbocycles. The highest BCUT2D eigenvalue weighted by molar-refractivity contribution is 7.78. The molecule has 0 aliphatic carbocycles. The Labute approximate surface area is 63.5 Å². The summed E-state index contributed by atoms with van der Waals surface area (Å²) < 4.78 is 0. The summed E-state index contributed by atoms with van der Waals surface area (Å²) in [6, 6.07) is 6.25.